The Hall–Kier alpha value is -0.590. The average molecular weight is 222 g/mol. The summed E-state index contributed by atoms with van der Waals surface area (Å²) in [7, 11) is 0. The number of nitrogens with one attached hydrogen (secondary N) is 1. The van der Waals surface area contributed by atoms with Crippen LogP contribution in [0, 0.1) is 23.2 Å². The predicted octanol–water partition coefficient (Wildman–Crippen LogP) is 2.08. The van der Waals surface area contributed by atoms with Crippen molar-refractivity contribution in [2.24, 2.45) is 11.8 Å². The van der Waals surface area contributed by atoms with E-state index < -0.39 is 5.54 Å². The highest BCUT2D eigenvalue weighted by Gasteiger charge is 2.46. The Morgan fingerprint density at radius 3 is 2.50 bits per heavy atom. The van der Waals surface area contributed by atoms with Gasteiger partial charge in [-0.1, -0.05) is 0 Å². The van der Waals surface area contributed by atoms with Crippen LogP contribution in [-0.4, -0.2) is 24.8 Å². The zero-order valence-electron chi connectivity index (χ0n) is 10.3. The maximum absolute atomic E-state index is 9.42. The molecule has 0 amide bonds. The Morgan fingerprint density at radius 2 is 2.06 bits per heavy atom. The summed E-state index contributed by atoms with van der Waals surface area (Å²) in [5, 5.41) is 12.8. The van der Waals surface area contributed by atoms with E-state index in [1.165, 1.54) is 25.7 Å². The lowest BCUT2D eigenvalue weighted by Crippen LogP contribution is -2.53. The van der Waals surface area contributed by atoms with E-state index in [9.17, 15) is 5.26 Å². The molecule has 2 rings (SSSR count). The van der Waals surface area contributed by atoms with Gasteiger partial charge in [-0.15, -0.1) is 0 Å². The second-order valence-electron chi connectivity index (χ2n) is 5.61. The fraction of sp³-hybridized carbons (Fsp3) is 0.923. The van der Waals surface area contributed by atoms with E-state index >= 15 is 0 Å². The van der Waals surface area contributed by atoms with E-state index in [0.717, 1.165) is 12.5 Å². The molecule has 2 saturated carbocycles. The Kier molecular flexibility index (Phi) is 3.51. The van der Waals surface area contributed by atoms with Gasteiger partial charge in [0.2, 0.25) is 0 Å². The quantitative estimate of drug-likeness (QED) is 0.717. The summed E-state index contributed by atoms with van der Waals surface area (Å²) in [4.78, 5) is 0. The number of nitrogens with zero attached hydrogens (tertiary/aromatic N) is 1. The van der Waals surface area contributed by atoms with Crippen LogP contribution in [0.25, 0.3) is 0 Å². The van der Waals surface area contributed by atoms with Crippen LogP contribution < -0.4 is 5.32 Å². The van der Waals surface area contributed by atoms with Crippen LogP contribution in [0.2, 0.25) is 0 Å². The lowest BCUT2D eigenvalue weighted by atomic mass is 9.95. The molecule has 0 aromatic carbocycles. The molecule has 1 unspecified atom stereocenters. The highest BCUT2D eigenvalue weighted by molar-refractivity contribution is 5.16. The number of rotatable bonds is 7. The summed E-state index contributed by atoms with van der Waals surface area (Å²) in [5.74, 6) is 1.27. The van der Waals surface area contributed by atoms with Gasteiger partial charge in [0.25, 0.3) is 0 Å². The third-order valence-electron chi connectivity index (χ3n) is 3.40. The number of hydrogen-bond donors (Lipinski definition) is 1. The van der Waals surface area contributed by atoms with Gasteiger partial charge in [0.05, 0.1) is 12.7 Å². The third kappa shape index (κ3) is 2.96. The molecule has 2 fully saturated rings. The van der Waals surface area contributed by atoms with Crippen LogP contribution in [0.15, 0.2) is 0 Å². The van der Waals surface area contributed by atoms with Crippen molar-refractivity contribution in [1.82, 2.24) is 5.32 Å². The van der Waals surface area contributed by atoms with Crippen LogP contribution in [0.1, 0.15) is 39.5 Å². The van der Waals surface area contributed by atoms with Crippen molar-refractivity contribution in [1.29, 1.82) is 5.26 Å². The van der Waals surface area contributed by atoms with Crippen LogP contribution in [0.3, 0.4) is 0 Å². The van der Waals surface area contributed by atoms with Crippen LogP contribution >= 0.6 is 0 Å². The molecule has 90 valence electrons. The maximum Gasteiger partial charge on any atom is 0.133 e. The van der Waals surface area contributed by atoms with E-state index in [1.807, 2.05) is 0 Å². The van der Waals surface area contributed by atoms with Gasteiger partial charge in [-0.05, 0) is 51.4 Å². The van der Waals surface area contributed by atoms with E-state index in [-0.39, 0.29) is 0 Å². The van der Waals surface area contributed by atoms with Gasteiger partial charge in [-0.25, -0.2) is 0 Å². The monoisotopic (exact) mass is 222 g/mol. The SMILES string of the molecule is CC(C)NC(C#N)(COCC1CC1)C1CC1. The standard InChI is InChI=1S/C13H22N2O/c1-10(2)15-13(8-14,12-5-6-12)9-16-7-11-3-4-11/h10-12,15H,3-7,9H2,1-2H3. The smallest absolute Gasteiger partial charge is 0.133 e. The van der Waals surface area contributed by atoms with Crippen molar-refractivity contribution in [3.05, 3.63) is 0 Å². The van der Waals surface area contributed by atoms with Gasteiger partial charge < -0.3 is 4.74 Å². The van der Waals surface area contributed by atoms with E-state index in [4.69, 9.17) is 4.74 Å². The summed E-state index contributed by atoms with van der Waals surface area (Å²) in [5.41, 5.74) is -0.428. The molecule has 0 saturated heterocycles. The Labute approximate surface area is 98.2 Å². The molecule has 0 aromatic rings. The largest absolute Gasteiger partial charge is 0.378 e. The summed E-state index contributed by atoms with van der Waals surface area (Å²) >= 11 is 0. The first-order valence-corrected chi connectivity index (χ1v) is 6.43. The molecule has 0 aromatic heterocycles. The fourth-order valence-electron chi connectivity index (χ4n) is 2.20. The topological polar surface area (TPSA) is 45.0 Å². The van der Waals surface area contributed by atoms with Gasteiger partial charge in [0, 0.05) is 12.6 Å². The second-order valence-corrected chi connectivity index (χ2v) is 5.61. The van der Waals surface area contributed by atoms with E-state index in [2.05, 4.69) is 25.2 Å². The van der Waals surface area contributed by atoms with Gasteiger partial charge in [0.15, 0.2) is 0 Å². The molecule has 1 N–H and O–H groups in total. The molecular formula is C13H22N2O. The first-order chi connectivity index (χ1) is 7.66. The number of ether oxygens (including phenoxy) is 1. The molecule has 3 nitrogen and oxygen atoms in total. The lowest BCUT2D eigenvalue weighted by molar-refractivity contribution is 0.0704. The van der Waals surface area contributed by atoms with E-state index in [1.54, 1.807) is 0 Å². The Balaban J connectivity index is 1.86. The van der Waals surface area contributed by atoms with Gasteiger partial charge in [-0.3, -0.25) is 5.32 Å². The minimum absolute atomic E-state index is 0.338. The maximum atomic E-state index is 9.42. The summed E-state index contributed by atoms with van der Waals surface area (Å²) in [6.07, 6.45) is 4.95. The third-order valence-corrected chi connectivity index (χ3v) is 3.40. The highest BCUT2D eigenvalue weighted by Crippen LogP contribution is 2.40. The van der Waals surface area contributed by atoms with Crippen molar-refractivity contribution in [2.75, 3.05) is 13.2 Å². The van der Waals surface area contributed by atoms with Crippen molar-refractivity contribution in [3.63, 3.8) is 0 Å². The fourth-order valence-corrected chi connectivity index (χ4v) is 2.20. The normalized spacial score (nSPS) is 24.1. The van der Waals surface area contributed by atoms with Gasteiger partial charge in [-0.2, -0.15) is 5.26 Å². The van der Waals surface area contributed by atoms with Crippen molar-refractivity contribution in [2.45, 2.75) is 51.1 Å². The number of nitriles is 1. The Bertz CT molecular complexity index is 276. The first-order valence-electron chi connectivity index (χ1n) is 6.43. The van der Waals surface area contributed by atoms with Crippen LogP contribution in [0.5, 0.6) is 0 Å². The summed E-state index contributed by atoms with van der Waals surface area (Å²) < 4.78 is 5.73. The molecule has 0 spiro atoms. The lowest BCUT2D eigenvalue weighted by Gasteiger charge is -2.30. The molecule has 2 aliphatic rings. The number of hydrogen-bond acceptors (Lipinski definition) is 3. The molecule has 0 bridgehead atoms. The molecule has 0 radical (unpaired) electrons. The molecule has 16 heavy (non-hydrogen) atoms. The van der Waals surface area contributed by atoms with Crippen molar-refractivity contribution < 1.29 is 4.74 Å². The van der Waals surface area contributed by atoms with Gasteiger partial charge in [0.1, 0.15) is 5.54 Å². The minimum atomic E-state index is -0.428. The van der Waals surface area contributed by atoms with Crippen LogP contribution in [-0.2, 0) is 4.74 Å². The molecule has 1 atom stereocenters. The molecule has 0 aliphatic heterocycles. The summed E-state index contributed by atoms with van der Waals surface area (Å²) in [6, 6.07) is 2.80. The van der Waals surface area contributed by atoms with Gasteiger partial charge >= 0.3 is 0 Å². The zero-order valence-corrected chi connectivity index (χ0v) is 10.3. The second kappa shape index (κ2) is 4.73. The predicted molar refractivity (Wildman–Crippen MR) is 62.9 cm³/mol. The first kappa shape index (κ1) is 11.9. The van der Waals surface area contributed by atoms with Crippen molar-refractivity contribution in [3.8, 4) is 6.07 Å². The molecule has 0 heterocycles. The molecule has 3 heteroatoms. The molecular weight excluding hydrogens is 200 g/mol. The minimum Gasteiger partial charge on any atom is -0.378 e. The average Bonchev–Trinajstić information content (AvgIpc) is 3.07. The molecule has 2 aliphatic carbocycles. The van der Waals surface area contributed by atoms with E-state index in [0.29, 0.717) is 18.6 Å². The summed E-state index contributed by atoms with van der Waals surface area (Å²) in [6.45, 7) is 5.59. The Morgan fingerprint density at radius 1 is 1.38 bits per heavy atom. The van der Waals surface area contributed by atoms with Crippen LogP contribution in [0.4, 0.5) is 0 Å². The van der Waals surface area contributed by atoms with Crippen molar-refractivity contribution >= 4 is 0 Å². The zero-order chi connectivity index (χ0) is 11.6. The highest BCUT2D eigenvalue weighted by atomic mass is 16.5.